The Bertz CT molecular complexity index is 740. The number of hydrogen-bond acceptors (Lipinski definition) is 3. The van der Waals surface area contributed by atoms with Gasteiger partial charge < -0.3 is 5.32 Å². The fraction of sp³-hybridized carbons (Fsp3) is 0.235. The summed E-state index contributed by atoms with van der Waals surface area (Å²) in [6.07, 6.45) is 0. The molecule has 2 aromatic rings. The van der Waals surface area contributed by atoms with E-state index in [0.29, 0.717) is 12.3 Å². The van der Waals surface area contributed by atoms with Crippen molar-refractivity contribution in [2.75, 3.05) is 31.2 Å². The molecular formula is C17H16F4N2OS. The van der Waals surface area contributed by atoms with Gasteiger partial charge >= 0.3 is 0 Å². The SMILES string of the molecule is CN(CCSc1ccc(F)cc1)CC(=O)Nc1ccc(F)c(F)c1F. The van der Waals surface area contributed by atoms with Crippen LogP contribution >= 0.6 is 11.8 Å². The number of likely N-dealkylation sites (N-methyl/N-ethyl adjacent to an activating group) is 1. The molecule has 0 saturated carbocycles. The Balaban J connectivity index is 1.78. The summed E-state index contributed by atoms with van der Waals surface area (Å²) in [6.45, 7) is 0.512. The van der Waals surface area contributed by atoms with E-state index < -0.39 is 29.0 Å². The molecule has 0 unspecified atom stereocenters. The number of halogens is 4. The third-order valence-corrected chi connectivity index (χ3v) is 4.27. The molecule has 0 bridgehead atoms. The van der Waals surface area contributed by atoms with E-state index in [1.165, 1.54) is 23.9 Å². The number of benzene rings is 2. The van der Waals surface area contributed by atoms with Crippen molar-refractivity contribution < 1.29 is 22.4 Å². The maximum atomic E-state index is 13.5. The summed E-state index contributed by atoms with van der Waals surface area (Å²) < 4.78 is 52.3. The molecule has 8 heteroatoms. The molecule has 1 amide bonds. The molecule has 0 fully saturated rings. The number of nitrogens with zero attached hydrogens (tertiary/aromatic N) is 1. The molecule has 25 heavy (non-hydrogen) atoms. The monoisotopic (exact) mass is 372 g/mol. The van der Waals surface area contributed by atoms with E-state index in [2.05, 4.69) is 5.32 Å². The molecule has 0 aliphatic rings. The van der Waals surface area contributed by atoms with Crippen molar-refractivity contribution in [1.29, 1.82) is 0 Å². The van der Waals surface area contributed by atoms with Crippen molar-refractivity contribution in [2.45, 2.75) is 4.90 Å². The highest BCUT2D eigenvalue weighted by Crippen LogP contribution is 2.20. The number of rotatable bonds is 7. The number of anilines is 1. The first-order valence-electron chi connectivity index (χ1n) is 7.37. The number of nitrogens with one attached hydrogen (secondary N) is 1. The van der Waals surface area contributed by atoms with E-state index in [4.69, 9.17) is 0 Å². The van der Waals surface area contributed by atoms with Gasteiger partial charge in [-0.1, -0.05) is 0 Å². The molecule has 3 nitrogen and oxygen atoms in total. The molecule has 0 heterocycles. The van der Waals surface area contributed by atoms with Crippen LogP contribution in [0.4, 0.5) is 23.2 Å². The molecule has 0 saturated heterocycles. The third-order valence-electron chi connectivity index (χ3n) is 3.28. The number of carbonyl (C=O) groups is 1. The maximum absolute atomic E-state index is 13.5. The van der Waals surface area contributed by atoms with Crippen LogP contribution in [0.2, 0.25) is 0 Å². The van der Waals surface area contributed by atoms with Crippen LogP contribution in [0.5, 0.6) is 0 Å². The molecule has 0 aliphatic carbocycles. The lowest BCUT2D eigenvalue weighted by atomic mass is 10.2. The van der Waals surface area contributed by atoms with Gasteiger partial charge in [0.05, 0.1) is 12.2 Å². The summed E-state index contributed by atoms with van der Waals surface area (Å²) in [5.41, 5.74) is -0.405. The average Bonchev–Trinajstić information content (AvgIpc) is 2.57. The highest BCUT2D eigenvalue weighted by atomic mass is 32.2. The normalized spacial score (nSPS) is 11.0. The zero-order chi connectivity index (χ0) is 18.4. The Kier molecular flexibility index (Phi) is 6.83. The highest BCUT2D eigenvalue weighted by Gasteiger charge is 2.15. The van der Waals surface area contributed by atoms with Crippen LogP contribution in [0, 0.1) is 23.3 Å². The Hall–Kier alpha value is -2.06. The van der Waals surface area contributed by atoms with Gasteiger partial charge in [0.1, 0.15) is 5.82 Å². The largest absolute Gasteiger partial charge is 0.322 e. The van der Waals surface area contributed by atoms with Gasteiger partial charge in [-0.15, -0.1) is 11.8 Å². The number of carbonyl (C=O) groups excluding carboxylic acids is 1. The lowest BCUT2D eigenvalue weighted by Crippen LogP contribution is -2.32. The third kappa shape index (κ3) is 5.75. The summed E-state index contributed by atoms with van der Waals surface area (Å²) in [6, 6.07) is 7.79. The molecule has 134 valence electrons. The molecule has 2 rings (SSSR count). The summed E-state index contributed by atoms with van der Waals surface area (Å²) in [5.74, 6) is -4.55. The second-order valence-corrected chi connectivity index (χ2v) is 6.48. The van der Waals surface area contributed by atoms with E-state index in [-0.39, 0.29) is 12.4 Å². The first kappa shape index (κ1) is 19.3. The fourth-order valence-corrected chi connectivity index (χ4v) is 2.95. The van der Waals surface area contributed by atoms with E-state index in [0.717, 1.165) is 17.0 Å². The van der Waals surface area contributed by atoms with Crippen molar-refractivity contribution in [3.63, 3.8) is 0 Å². The average molecular weight is 372 g/mol. The Morgan fingerprint density at radius 1 is 1.04 bits per heavy atom. The molecule has 0 spiro atoms. The van der Waals surface area contributed by atoms with Gasteiger partial charge in [0.25, 0.3) is 0 Å². The Morgan fingerprint density at radius 3 is 2.40 bits per heavy atom. The number of hydrogen-bond donors (Lipinski definition) is 1. The van der Waals surface area contributed by atoms with E-state index >= 15 is 0 Å². The molecule has 0 aromatic heterocycles. The van der Waals surface area contributed by atoms with Crippen molar-refractivity contribution >= 4 is 23.4 Å². The molecule has 1 N–H and O–H groups in total. The quantitative estimate of drug-likeness (QED) is 0.454. The first-order valence-corrected chi connectivity index (χ1v) is 8.35. The van der Waals surface area contributed by atoms with Crippen molar-refractivity contribution in [1.82, 2.24) is 4.90 Å². The fourth-order valence-electron chi connectivity index (χ4n) is 1.99. The van der Waals surface area contributed by atoms with Gasteiger partial charge in [-0.3, -0.25) is 9.69 Å². The van der Waals surface area contributed by atoms with Gasteiger partial charge in [0, 0.05) is 17.2 Å². The molecule has 0 radical (unpaired) electrons. The molecule has 0 atom stereocenters. The summed E-state index contributed by atoms with van der Waals surface area (Å²) >= 11 is 1.50. The number of amides is 1. The van der Waals surface area contributed by atoms with Crippen LogP contribution in [-0.4, -0.2) is 36.7 Å². The van der Waals surface area contributed by atoms with E-state index in [1.807, 2.05) is 0 Å². The Morgan fingerprint density at radius 2 is 1.72 bits per heavy atom. The number of thioether (sulfide) groups is 1. The minimum absolute atomic E-state index is 0.0393. The maximum Gasteiger partial charge on any atom is 0.238 e. The molecule has 2 aromatic carbocycles. The molecule has 0 aliphatic heterocycles. The van der Waals surface area contributed by atoms with Gasteiger partial charge in [0.2, 0.25) is 5.91 Å². The van der Waals surface area contributed by atoms with Crippen LogP contribution in [-0.2, 0) is 4.79 Å². The van der Waals surface area contributed by atoms with Gasteiger partial charge in [-0.25, -0.2) is 17.6 Å². The predicted molar refractivity (Wildman–Crippen MR) is 89.6 cm³/mol. The molecular weight excluding hydrogens is 356 g/mol. The summed E-state index contributed by atoms with van der Waals surface area (Å²) in [4.78, 5) is 14.5. The summed E-state index contributed by atoms with van der Waals surface area (Å²) in [7, 11) is 1.70. The second-order valence-electron chi connectivity index (χ2n) is 5.31. The minimum Gasteiger partial charge on any atom is -0.322 e. The van der Waals surface area contributed by atoms with Gasteiger partial charge in [-0.2, -0.15) is 0 Å². The van der Waals surface area contributed by atoms with E-state index in [1.54, 1.807) is 24.1 Å². The summed E-state index contributed by atoms with van der Waals surface area (Å²) in [5, 5.41) is 2.21. The minimum atomic E-state index is -1.62. The lowest BCUT2D eigenvalue weighted by Gasteiger charge is -2.16. The van der Waals surface area contributed by atoms with Crippen LogP contribution in [0.3, 0.4) is 0 Å². The standard InChI is InChI=1S/C17H16F4N2OS/c1-23(8-9-25-12-4-2-11(18)3-5-12)10-15(24)22-14-7-6-13(19)16(20)17(14)21/h2-7H,8-10H2,1H3,(H,22,24). The van der Waals surface area contributed by atoms with Crippen LogP contribution in [0.25, 0.3) is 0 Å². The van der Waals surface area contributed by atoms with Crippen LogP contribution in [0.15, 0.2) is 41.3 Å². The van der Waals surface area contributed by atoms with Crippen molar-refractivity contribution in [3.05, 3.63) is 59.7 Å². The van der Waals surface area contributed by atoms with Gasteiger partial charge in [0.15, 0.2) is 17.5 Å². The van der Waals surface area contributed by atoms with Crippen LogP contribution in [0.1, 0.15) is 0 Å². The smallest absolute Gasteiger partial charge is 0.238 e. The zero-order valence-corrected chi connectivity index (χ0v) is 14.2. The first-order chi connectivity index (χ1) is 11.9. The highest BCUT2D eigenvalue weighted by molar-refractivity contribution is 7.99. The predicted octanol–water partition coefficient (Wildman–Crippen LogP) is 3.91. The second kappa shape index (κ2) is 8.87. The van der Waals surface area contributed by atoms with Crippen LogP contribution < -0.4 is 5.32 Å². The Labute approximate surface area is 147 Å². The zero-order valence-electron chi connectivity index (χ0n) is 13.4. The topological polar surface area (TPSA) is 32.3 Å². The van der Waals surface area contributed by atoms with Crippen molar-refractivity contribution in [2.24, 2.45) is 0 Å². The van der Waals surface area contributed by atoms with Gasteiger partial charge in [-0.05, 0) is 43.4 Å². The van der Waals surface area contributed by atoms with Crippen molar-refractivity contribution in [3.8, 4) is 0 Å². The lowest BCUT2D eigenvalue weighted by molar-refractivity contribution is -0.117. The van der Waals surface area contributed by atoms with E-state index in [9.17, 15) is 22.4 Å².